The largest absolute Gasteiger partial charge is 0.360 e. The third-order valence-electron chi connectivity index (χ3n) is 4.95. The first-order chi connectivity index (χ1) is 11.3. The van der Waals surface area contributed by atoms with E-state index in [0.717, 1.165) is 38.1 Å². The Kier molecular flexibility index (Phi) is 3.53. The zero-order chi connectivity index (χ0) is 15.8. The van der Waals surface area contributed by atoms with Gasteiger partial charge in [0.25, 0.3) is 0 Å². The van der Waals surface area contributed by atoms with Gasteiger partial charge in [-0.2, -0.15) is 5.26 Å². The van der Waals surface area contributed by atoms with Gasteiger partial charge in [0.15, 0.2) is 0 Å². The second-order valence-corrected chi connectivity index (χ2v) is 6.35. The first kappa shape index (κ1) is 14.3. The topological polar surface area (TPSA) is 55.7 Å². The minimum absolute atomic E-state index is 0.106. The molecule has 5 heteroatoms. The van der Waals surface area contributed by atoms with E-state index in [1.54, 1.807) is 6.07 Å². The molecule has 118 valence electrons. The lowest BCUT2D eigenvalue weighted by atomic mass is 10.0. The number of nitrogens with one attached hydrogen (secondary N) is 1. The van der Waals surface area contributed by atoms with E-state index in [0.29, 0.717) is 5.69 Å². The Morgan fingerprint density at radius 1 is 1.26 bits per heavy atom. The molecule has 1 aliphatic carbocycles. The zero-order valence-electron chi connectivity index (χ0n) is 13.0. The molecule has 1 aliphatic heterocycles. The number of aromatic amines is 1. The zero-order valence-corrected chi connectivity index (χ0v) is 13.0. The van der Waals surface area contributed by atoms with E-state index >= 15 is 0 Å². The van der Waals surface area contributed by atoms with Crippen LogP contribution in [-0.2, 0) is 12.8 Å². The van der Waals surface area contributed by atoms with Crippen LogP contribution in [0.1, 0.15) is 54.5 Å². The molecule has 0 spiro atoms. The predicted octanol–water partition coefficient (Wildman–Crippen LogP) is 3.64. The molecule has 0 bridgehead atoms. The van der Waals surface area contributed by atoms with Gasteiger partial charge in [0.1, 0.15) is 23.3 Å². The fourth-order valence-electron chi connectivity index (χ4n) is 3.84. The molecule has 0 radical (unpaired) electrons. The minimum Gasteiger partial charge on any atom is -0.360 e. The van der Waals surface area contributed by atoms with E-state index in [2.05, 4.69) is 9.88 Å². The maximum Gasteiger partial charge on any atom is 0.143 e. The van der Waals surface area contributed by atoms with Crippen molar-refractivity contribution in [1.82, 2.24) is 9.97 Å². The Hall–Kier alpha value is -2.35. The third-order valence-corrected chi connectivity index (χ3v) is 4.95. The third kappa shape index (κ3) is 2.39. The number of benzene rings is 1. The number of aromatic nitrogens is 2. The van der Waals surface area contributed by atoms with Gasteiger partial charge in [0.05, 0.1) is 17.4 Å². The maximum absolute atomic E-state index is 13.9. The highest BCUT2D eigenvalue weighted by Gasteiger charge is 2.31. The molecular weight excluding hydrogens is 291 g/mol. The van der Waals surface area contributed by atoms with Gasteiger partial charge < -0.3 is 9.88 Å². The molecule has 1 unspecified atom stereocenters. The van der Waals surface area contributed by atoms with E-state index in [1.165, 1.54) is 30.3 Å². The summed E-state index contributed by atoms with van der Waals surface area (Å²) >= 11 is 0. The Balaban J connectivity index is 1.71. The van der Waals surface area contributed by atoms with Crippen molar-refractivity contribution in [3.8, 4) is 6.07 Å². The molecule has 0 saturated carbocycles. The number of hydrogen-bond donors (Lipinski definition) is 1. The number of H-pyrrole nitrogens is 1. The number of fused-ring (bicyclic) bond motifs is 1. The number of halogens is 1. The van der Waals surface area contributed by atoms with Gasteiger partial charge in [-0.25, -0.2) is 9.37 Å². The minimum atomic E-state index is -0.450. The van der Waals surface area contributed by atoms with Gasteiger partial charge in [-0.3, -0.25) is 0 Å². The van der Waals surface area contributed by atoms with Crippen LogP contribution in [0.4, 0.5) is 10.1 Å². The summed E-state index contributed by atoms with van der Waals surface area (Å²) in [7, 11) is 0. The summed E-state index contributed by atoms with van der Waals surface area (Å²) in [6, 6.07) is 6.98. The molecule has 2 aliphatic rings. The standard InChI is InChI=1S/C18H19FN4/c19-13-5-3-8-16(12(13)11-20)23-10-4-9-17(23)18-21-14-6-1-2-7-15(14)22-18/h3,5,8,17H,1-2,4,6-7,9-10H2,(H,21,22). The quantitative estimate of drug-likeness (QED) is 0.921. The Morgan fingerprint density at radius 3 is 2.96 bits per heavy atom. The molecule has 1 N–H and O–H groups in total. The average molecular weight is 310 g/mol. The Labute approximate surface area is 135 Å². The van der Waals surface area contributed by atoms with Gasteiger partial charge in [-0.05, 0) is 50.7 Å². The van der Waals surface area contributed by atoms with Crippen LogP contribution in [0.3, 0.4) is 0 Å². The number of nitrogens with zero attached hydrogens (tertiary/aromatic N) is 3. The van der Waals surface area contributed by atoms with Crippen molar-refractivity contribution in [3.05, 3.63) is 46.8 Å². The van der Waals surface area contributed by atoms with Gasteiger partial charge in [0.2, 0.25) is 0 Å². The molecule has 4 nitrogen and oxygen atoms in total. The summed E-state index contributed by atoms with van der Waals surface area (Å²) in [5.41, 5.74) is 3.27. The van der Waals surface area contributed by atoms with Gasteiger partial charge >= 0.3 is 0 Å². The highest BCUT2D eigenvalue weighted by atomic mass is 19.1. The summed E-state index contributed by atoms with van der Waals surface area (Å²) in [5.74, 6) is 0.525. The van der Waals surface area contributed by atoms with Crippen molar-refractivity contribution in [2.45, 2.75) is 44.6 Å². The van der Waals surface area contributed by atoms with Crippen LogP contribution in [-0.4, -0.2) is 16.5 Å². The molecule has 0 amide bonds. The normalized spacial score (nSPS) is 20.3. The SMILES string of the molecule is N#Cc1c(F)cccc1N1CCCC1c1nc2c([nH]1)CCCC2. The van der Waals surface area contributed by atoms with Crippen molar-refractivity contribution in [2.75, 3.05) is 11.4 Å². The van der Waals surface area contributed by atoms with Crippen molar-refractivity contribution in [1.29, 1.82) is 5.26 Å². The van der Waals surface area contributed by atoms with Crippen LogP contribution in [0.25, 0.3) is 0 Å². The van der Waals surface area contributed by atoms with Crippen LogP contribution in [0.2, 0.25) is 0 Å². The summed E-state index contributed by atoms with van der Waals surface area (Å²) in [4.78, 5) is 10.4. The second kappa shape index (κ2) is 5.69. The molecule has 1 saturated heterocycles. The van der Waals surface area contributed by atoms with Gasteiger partial charge in [-0.15, -0.1) is 0 Å². The van der Waals surface area contributed by atoms with Crippen LogP contribution in [0.5, 0.6) is 0 Å². The van der Waals surface area contributed by atoms with Crippen LogP contribution < -0.4 is 4.90 Å². The number of hydrogen-bond acceptors (Lipinski definition) is 3. The van der Waals surface area contributed by atoms with E-state index in [1.807, 2.05) is 12.1 Å². The first-order valence-corrected chi connectivity index (χ1v) is 8.31. The smallest absolute Gasteiger partial charge is 0.143 e. The maximum atomic E-state index is 13.9. The lowest BCUT2D eigenvalue weighted by molar-refractivity contribution is 0.619. The van der Waals surface area contributed by atoms with E-state index in [9.17, 15) is 9.65 Å². The number of imidazole rings is 1. The summed E-state index contributed by atoms with van der Waals surface area (Å²) in [6.07, 6.45) is 6.53. The Bertz CT molecular complexity index is 750. The molecule has 1 fully saturated rings. The fraction of sp³-hybridized carbons (Fsp3) is 0.444. The lowest BCUT2D eigenvalue weighted by Crippen LogP contribution is -2.24. The van der Waals surface area contributed by atoms with Gasteiger partial charge in [0, 0.05) is 12.2 Å². The number of nitriles is 1. The van der Waals surface area contributed by atoms with Crippen LogP contribution in [0.15, 0.2) is 18.2 Å². The molecule has 4 rings (SSSR count). The molecule has 1 atom stereocenters. The molecule has 2 aromatic rings. The number of rotatable bonds is 2. The van der Waals surface area contributed by atoms with E-state index in [4.69, 9.17) is 4.98 Å². The van der Waals surface area contributed by atoms with Gasteiger partial charge in [-0.1, -0.05) is 6.07 Å². The molecule has 23 heavy (non-hydrogen) atoms. The van der Waals surface area contributed by atoms with Crippen molar-refractivity contribution < 1.29 is 4.39 Å². The molecular formula is C18H19FN4. The van der Waals surface area contributed by atoms with Crippen molar-refractivity contribution in [2.24, 2.45) is 0 Å². The fourth-order valence-corrected chi connectivity index (χ4v) is 3.84. The van der Waals surface area contributed by atoms with Crippen molar-refractivity contribution in [3.63, 3.8) is 0 Å². The monoisotopic (exact) mass is 310 g/mol. The molecule has 1 aromatic carbocycles. The molecule has 1 aromatic heterocycles. The summed E-state index contributed by atoms with van der Waals surface area (Å²) in [5, 5.41) is 9.31. The molecule has 2 heterocycles. The highest BCUT2D eigenvalue weighted by Crippen LogP contribution is 2.37. The van der Waals surface area contributed by atoms with E-state index < -0.39 is 5.82 Å². The number of anilines is 1. The van der Waals surface area contributed by atoms with Crippen molar-refractivity contribution >= 4 is 5.69 Å². The summed E-state index contributed by atoms with van der Waals surface area (Å²) < 4.78 is 13.9. The Morgan fingerprint density at radius 2 is 2.13 bits per heavy atom. The average Bonchev–Trinajstić information content (AvgIpc) is 3.20. The highest BCUT2D eigenvalue weighted by molar-refractivity contribution is 5.61. The summed E-state index contributed by atoms with van der Waals surface area (Å²) in [6.45, 7) is 0.828. The van der Waals surface area contributed by atoms with Crippen LogP contribution in [0, 0.1) is 17.1 Å². The lowest BCUT2D eigenvalue weighted by Gasteiger charge is -2.26. The number of aryl methyl sites for hydroxylation is 2. The second-order valence-electron chi connectivity index (χ2n) is 6.35. The van der Waals surface area contributed by atoms with Crippen LogP contribution >= 0.6 is 0 Å². The predicted molar refractivity (Wildman–Crippen MR) is 85.7 cm³/mol. The van der Waals surface area contributed by atoms with E-state index in [-0.39, 0.29) is 11.6 Å². The first-order valence-electron chi connectivity index (χ1n) is 8.31.